The number of aryl methyl sites for hydroxylation is 2. The fourth-order valence-electron chi connectivity index (χ4n) is 1.42. The summed E-state index contributed by atoms with van der Waals surface area (Å²) in [6, 6.07) is 6.54. The topological polar surface area (TPSA) is 26.0 Å². The van der Waals surface area contributed by atoms with Crippen LogP contribution in [0.5, 0.6) is 0 Å². The molecule has 13 heavy (non-hydrogen) atoms. The third kappa shape index (κ3) is 3.43. The molecule has 0 heterocycles. The Bertz CT molecular complexity index is 280. The van der Waals surface area contributed by atoms with Crippen LogP contribution in [0.3, 0.4) is 0 Å². The van der Waals surface area contributed by atoms with Crippen LogP contribution >= 0.6 is 0 Å². The highest BCUT2D eigenvalue weighted by molar-refractivity contribution is 5.51. The maximum Gasteiger partial charge on any atom is -0.00425 e. The van der Waals surface area contributed by atoms with Gasteiger partial charge in [0.25, 0.3) is 0 Å². The second-order valence-electron chi connectivity index (χ2n) is 3.40. The second kappa shape index (κ2) is 4.83. The predicted molar refractivity (Wildman–Crippen MR) is 58.6 cm³/mol. The fourth-order valence-corrected chi connectivity index (χ4v) is 1.42. The summed E-state index contributed by atoms with van der Waals surface area (Å²) in [6.07, 6.45) is 5.20. The van der Waals surface area contributed by atoms with E-state index < -0.39 is 0 Å². The summed E-state index contributed by atoms with van der Waals surface area (Å²) in [6.45, 7) is 4.96. The number of hydrogen-bond donors (Lipinski definition) is 1. The third-order valence-electron chi connectivity index (χ3n) is 1.89. The highest BCUT2D eigenvalue weighted by Crippen LogP contribution is 2.10. The highest BCUT2D eigenvalue weighted by Gasteiger charge is 1.90. The molecule has 0 radical (unpaired) electrons. The Morgan fingerprint density at radius 1 is 1.15 bits per heavy atom. The van der Waals surface area contributed by atoms with Gasteiger partial charge < -0.3 is 5.73 Å². The Hall–Kier alpha value is -1.08. The zero-order chi connectivity index (χ0) is 9.68. The lowest BCUT2D eigenvalue weighted by molar-refractivity contribution is 1.01. The van der Waals surface area contributed by atoms with E-state index >= 15 is 0 Å². The molecule has 0 bridgehead atoms. The maximum atomic E-state index is 5.40. The smallest absolute Gasteiger partial charge is 0.00425 e. The lowest BCUT2D eigenvalue weighted by Gasteiger charge is -1.99. The van der Waals surface area contributed by atoms with Crippen molar-refractivity contribution < 1.29 is 0 Å². The molecule has 0 aliphatic rings. The van der Waals surface area contributed by atoms with Gasteiger partial charge in [0.1, 0.15) is 0 Å². The lowest BCUT2D eigenvalue weighted by Crippen LogP contribution is -1.94. The van der Waals surface area contributed by atoms with Gasteiger partial charge in [-0.05, 0) is 32.4 Å². The van der Waals surface area contributed by atoms with Gasteiger partial charge in [0.15, 0.2) is 0 Å². The molecule has 1 aromatic rings. The van der Waals surface area contributed by atoms with Gasteiger partial charge in [0, 0.05) is 0 Å². The quantitative estimate of drug-likeness (QED) is 0.751. The fraction of sp³-hybridized carbons (Fsp3) is 0.333. The van der Waals surface area contributed by atoms with Gasteiger partial charge >= 0.3 is 0 Å². The van der Waals surface area contributed by atoms with Crippen LogP contribution in [0.25, 0.3) is 6.08 Å². The normalized spacial score (nSPS) is 11.0. The lowest BCUT2D eigenvalue weighted by atomic mass is 10.1. The average Bonchev–Trinajstić information content (AvgIpc) is 2.03. The molecule has 0 fully saturated rings. The van der Waals surface area contributed by atoms with E-state index in [0.29, 0.717) is 0 Å². The Morgan fingerprint density at radius 3 is 2.31 bits per heavy atom. The first-order valence-corrected chi connectivity index (χ1v) is 4.67. The molecule has 1 aromatic carbocycles. The van der Waals surface area contributed by atoms with Gasteiger partial charge in [-0.2, -0.15) is 0 Å². The third-order valence-corrected chi connectivity index (χ3v) is 1.89. The van der Waals surface area contributed by atoms with Crippen molar-refractivity contribution in [1.82, 2.24) is 0 Å². The van der Waals surface area contributed by atoms with Gasteiger partial charge in [-0.3, -0.25) is 0 Å². The number of rotatable bonds is 3. The molecule has 0 aliphatic carbocycles. The van der Waals surface area contributed by atoms with Crippen LogP contribution in [0.15, 0.2) is 24.3 Å². The summed E-state index contributed by atoms with van der Waals surface area (Å²) in [4.78, 5) is 0. The van der Waals surface area contributed by atoms with E-state index in [9.17, 15) is 0 Å². The molecule has 0 amide bonds. The molecule has 0 saturated carbocycles. The van der Waals surface area contributed by atoms with Gasteiger partial charge in [-0.1, -0.05) is 41.5 Å². The molecular formula is C12H17N. The van der Waals surface area contributed by atoms with Gasteiger partial charge in [0.05, 0.1) is 0 Å². The van der Waals surface area contributed by atoms with E-state index in [1.165, 1.54) is 16.7 Å². The van der Waals surface area contributed by atoms with E-state index in [2.05, 4.69) is 44.2 Å². The van der Waals surface area contributed by atoms with Crippen molar-refractivity contribution in [1.29, 1.82) is 0 Å². The Kier molecular flexibility index (Phi) is 3.71. The van der Waals surface area contributed by atoms with Crippen molar-refractivity contribution >= 4 is 6.08 Å². The molecule has 0 saturated heterocycles. The monoisotopic (exact) mass is 175 g/mol. The first kappa shape index (κ1) is 10.0. The summed E-state index contributed by atoms with van der Waals surface area (Å²) >= 11 is 0. The van der Waals surface area contributed by atoms with Gasteiger partial charge in [-0.15, -0.1) is 0 Å². The largest absolute Gasteiger partial charge is 0.330 e. The van der Waals surface area contributed by atoms with E-state index in [1.807, 2.05) is 0 Å². The van der Waals surface area contributed by atoms with E-state index in [0.717, 1.165) is 13.0 Å². The molecule has 2 N–H and O–H groups in total. The van der Waals surface area contributed by atoms with Crippen molar-refractivity contribution in [2.45, 2.75) is 20.3 Å². The van der Waals surface area contributed by atoms with Gasteiger partial charge in [-0.25, -0.2) is 0 Å². The minimum Gasteiger partial charge on any atom is -0.330 e. The van der Waals surface area contributed by atoms with Crippen LogP contribution in [0.2, 0.25) is 0 Å². The van der Waals surface area contributed by atoms with Crippen LogP contribution in [0.4, 0.5) is 0 Å². The van der Waals surface area contributed by atoms with Crippen molar-refractivity contribution in [3.63, 3.8) is 0 Å². The van der Waals surface area contributed by atoms with Crippen LogP contribution in [0.1, 0.15) is 23.1 Å². The van der Waals surface area contributed by atoms with Gasteiger partial charge in [0.2, 0.25) is 0 Å². The van der Waals surface area contributed by atoms with Crippen LogP contribution < -0.4 is 5.73 Å². The molecule has 0 aromatic heterocycles. The molecular weight excluding hydrogens is 158 g/mol. The standard InChI is InChI=1S/C12H17N/c1-10-7-11(2)9-12(8-10)5-3-4-6-13/h3,5,7-9H,4,6,13H2,1-2H3/b5-3+. The van der Waals surface area contributed by atoms with E-state index in [4.69, 9.17) is 5.73 Å². The Labute approximate surface area is 80.3 Å². The number of benzene rings is 1. The number of hydrogen-bond acceptors (Lipinski definition) is 1. The minimum atomic E-state index is 0.724. The molecule has 0 atom stereocenters. The SMILES string of the molecule is Cc1cc(C)cc(/C=C/CCN)c1. The predicted octanol–water partition coefficient (Wildman–Crippen LogP) is 2.67. The van der Waals surface area contributed by atoms with Crippen LogP contribution in [0, 0.1) is 13.8 Å². The summed E-state index contributed by atoms with van der Waals surface area (Å²) < 4.78 is 0. The van der Waals surface area contributed by atoms with Crippen molar-refractivity contribution in [3.05, 3.63) is 41.0 Å². The van der Waals surface area contributed by atoms with E-state index in [1.54, 1.807) is 0 Å². The first-order valence-electron chi connectivity index (χ1n) is 4.67. The molecule has 0 spiro atoms. The van der Waals surface area contributed by atoms with Crippen molar-refractivity contribution in [3.8, 4) is 0 Å². The molecule has 0 aliphatic heterocycles. The molecule has 1 heteroatoms. The summed E-state index contributed by atoms with van der Waals surface area (Å²) in [5.74, 6) is 0. The minimum absolute atomic E-state index is 0.724. The van der Waals surface area contributed by atoms with Crippen LogP contribution in [-0.4, -0.2) is 6.54 Å². The Balaban J connectivity index is 2.77. The highest BCUT2D eigenvalue weighted by atomic mass is 14.5. The zero-order valence-electron chi connectivity index (χ0n) is 8.38. The second-order valence-corrected chi connectivity index (χ2v) is 3.40. The molecule has 1 rings (SSSR count). The summed E-state index contributed by atoms with van der Waals surface area (Å²) in [5, 5.41) is 0. The molecule has 0 unspecified atom stereocenters. The number of nitrogens with two attached hydrogens (primary N) is 1. The van der Waals surface area contributed by atoms with Crippen LogP contribution in [-0.2, 0) is 0 Å². The zero-order valence-corrected chi connectivity index (χ0v) is 8.38. The Morgan fingerprint density at radius 2 is 1.77 bits per heavy atom. The van der Waals surface area contributed by atoms with Crippen molar-refractivity contribution in [2.75, 3.05) is 6.54 Å². The summed E-state index contributed by atoms with van der Waals surface area (Å²) in [5.41, 5.74) is 9.30. The first-order chi connectivity index (χ1) is 6.22. The average molecular weight is 175 g/mol. The van der Waals surface area contributed by atoms with Crippen molar-refractivity contribution in [2.24, 2.45) is 5.73 Å². The maximum absolute atomic E-state index is 5.40. The van der Waals surface area contributed by atoms with E-state index in [-0.39, 0.29) is 0 Å². The molecule has 70 valence electrons. The summed E-state index contributed by atoms with van der Waals surface area (Å²) in [7, 11) is 0. The molecule has 1 nitrogen and oxygen atoms in total.